The third-order valence-electron chi connectivity index (χ3n) is 4.84. The van der Waals surface area contributed by atoms with Crippen LogP contribution in [0.2, 0.25) is 5.02 Å². The summed E-state index contributed by atoms with van der Waals surface area (Å²) in [5.74, 6) is 0.207. The Labute approximate surface area is 166 Å². The van der Waals surface area contributed by atoms with Crippen molar-refractivity contribution in [3.05, 3.63) is 70.6 Å². The fourth-order valence-corrected chi connectivity index (χ4v) is 3.33. The topological polar surface area (TPSA) is 88.3 Å². The average Bonchev–Trinajstić information content (AvgIpc) is 3.22. The van der Waals surface area contributed by atoms with E-state index in [9.17, 15) is 9.59 Å². The molecular formula is C20H17ClN4O3. The third kappa shape index (κ3) is 3.03. The molecule has 2 heterocycles. The lowest BCUT2D eigenvalue weighted by molar-refractivity contribution is -0.131. The molecule has 8 heteroatoms. The molecule has 28 heavy (non-hydrogen) atoms. The number of hydrogen-bond acceptors (Lipinski definition) is 5. The summed E-state index contributed by atoms with van der Waals surface area (Å²) < 4.78 is 5.27. The Hall–Kier alpha value is -3.19. The van der Waals surface area contributed by atoms with Crippen molar-refractivity contribution in [3.63, 3.8) is 0 Å². The van der Waals surface area contributed by atoms with Gasteiger partial charge in [0.15, 0.2) is 0 Å². The predicted octanol–water partition coefficient (Wildman–Crippen LogP) is 3.67. The molecule has 142 valence electrons. The molecular weight excluding hydrogens is 380 g/mol. The minimum Gasteiger partial charge on any atom is -0.337 e. The maximum absolute atomic E-state index is 13.0. The van der Waals surface area contributed by atoms with Crippen LogP contribution in [0.5, 0.6) is 0 Å². The summed E-state index contributed by atoms with van der Waals surface area (Å²) in [6.07, 6.45) is 0. The van der Waals surface area contributed by atoms with Gasteiger partial charge in [0.2, 0.25) is 11.7 Å². The van der Waals surface area contributed by atoms with E-state index in [1.807, 2.05) is 31.2 Å². The highest BCUT2D eigenvalue weighted by Crippen LogP contribution is 2.30. The minimum absolute atomic E-state index is 0.104. The van der Waals surface area contributed by atoms with E-state index in [4.69, 9.17) is 16.1 Å². The molecule has 0 radical (unpaired) electrons. The number of urea groups is 1. The summed E-state index contributed by atoms with van der Waals surface area (Å²) >= 11 is 5.92. The number of carbonyl (C=O) groups excluding carboxylic acids is 2. The second-order valence-corrected chi connectivity index (χ2v) is 7.22. The first-order chi connectivity index (χ1) is 13.4. The highest BCUT2D eigenvalue weighted by molar-refractivity contribution is 6.30. The number of amides is 3. The van der Waals surface area contributed by atoms with Crippen molar-refractivity contribution >= 4 is 23.5 Å². The highest BCUT2D eigenvalue weighted by Gasteiger charge is 2.49. The van der Waals surface area contributed by atoms with E-state index in [0.29, 0.717) is 16.4 Å². The molecule has 4 rings (SSSR count). The molecule has 1 saturated heterocycles. The number of aryl methyl sites for hydroxylation is 1. The van der Waals surface area contributed by atoms with Crippen molar-refractivity contribution in [1.82, 2.24) is 20.4 Å². The first-order valence-corrected chi connectivity index (χ1v) is 9.05. The Morgan fingerprint density at radius 1 is 1.14 bits per heavy atom. The first-order valence-electron chi connectivity index (χ1n) is 8.67. The number of benzene rings is 2. The molecule has 7 nitrogen and oxygen atoms in total. The van der Waals surface area contributed by atoms with E-state index in [1.165, 1.54) is 0 Å². The van der Waals surface area contributed by atoms with Crippen LogP contribution in [-0.2, 0) is 16.9 Å². The second-order valence-electron chi connectivity index (χ2n) is 6.78. The highest BCUT2D eigenvalue weighted by atomic mass is 35.5. The molecule has 1 N–H and O–H groups in total. The van der Waals surface area contributed by atoms with Gasteiger partial charge in [-0.3, -0.25) is 9.69 Å². The molecule has 1 aromatic heterocycles. The number of carbonyl (C=O) groups is 2. The van der Waals surface area contributed by atoms with Gasteiger partial charge in [-0.25, -0.2) is 4.79 Å². The fraction of sp³-hybridized carbons (Fsp3) is 0.200. The zero-order chi connectivity index (χ0) is 19.9. The summed E-state index contributed by atoms with van der Waals surface area (Å²) in [5, 5.41) is 7.26. The first kappa shape index (κ1) is 18.2. The standard InChI is InChI=1S/C20H17ClN4O3/c1-12-5-3-4-6-15(12)17-22-16(28-24-17)11-25-18(26)20(2,23-19(25)27)13-7-9-14(21)10-8-13/h3-10H,11H2,1-2H3,(H,23,27). The van der Waals surface area contributed by atoms with Gasteiger partial charge in [-0.05, 0) is 37.1 Å². The van der Waals surface area contributed by atoms with E-state index < -0.39 is 17.5 Å². The van der Waals surface area contributed by atoms with E-state index in [1.54, 1.807) is 31.2 Å². The van der Waals surface area contributed by atoms with Crippen molar-refractivity contribution in [2.45, 2.75) is 25.9 Å². The van der Waals surface area contributed by atoms with Crippen molar-refractivity contribution in [1.29, 1.82) is 0 Å². The number of aromatic nitrogens is 2. The van der Waals surface area contributed by atoms with E-state index in [2.05, 4.69) is 15.5 Å². The van der Waals surface area contributed by atoms with E-state index >= 15 is 0 Å². The number of nitrogens with zero attached hydrogens (tertiary/aromatic N) is 3. The van der Waals surface area contributed by atoms with Gasteiger partial charge < -0.3 is 9.84 Å². The van der Waals surface area contributed by atoms with Crippen LogP contribution >= 0.6 is 11.6 Å². The minimum atomic E-state index is -1.18. The van der Waals surface area contributed by atoms with Gasteiger partial charge in [0.1, 0.15) is 12.1 Å². The molecule has 0 spiro atoms. The Morgan fingerprint density at radius 3 is 2.57 bits per heavy atom. The Morgan fingerprint density at radius 2 is 1.86 bits per heavy atom. The van der Waals surface area contributed by atoms with Crippen LogP contribution in [0.15, 0.2) is 53.1 Å². The average molecular weight is 397 g/mol. The SMILES string of the molecule is Cc1ccccc1-c1noc(CN2C(=O)NC(C)(c3ccc(Cl)cc3)C2=O)n1. The molecule has 1 aliphatic heterocycles. The number of nitrogens with one attached hydrogen (secondary N) is 1. The molecule has 2 aromatic carbocycles. The molecule has 1 aliphatic rings. The number of imide groups is 1. The lowest BCUT2D eigenvalue weighted by Gasteiger charge is -2.22. The van der Waals surface area contributed by atoms with E-state index in [-0.39, 0.29) is 12.4 Å². The van der Waals surface area contributed by atoms with Crippen LogP contribution in [0.4, 0.5) is 4.79 Å². The number of rotatable bonds is 4. The van der Waals surface area contributed by atoms with Crippen LogP contribution in [0.1, 0.15) is 23.9 Å². The maximum Gasteiger partial charge on any atom is 0.325 e. The number of hydrogen-bond donors (Lipinski definition) is 1. The largest absolute Gasteiger partial charge is 0.337 e. The Kier molecular flexibility index (Phi) is 4.39. The van der Waals surface area contributed by atoms with Crippen molar-refractivity contribution in [2.24, 2.45) is 0 Å². The van der Waals surface area contributed by atoms with Crippen LogP contribution in [0, 0.1) is 6.92 Å². The quantitative estimate of drug-likeness (QED) is 0.680. The molecule has 0 saturated carbocycles. The summed E-state index contributed by atoms with van der Waals surface area (Å²) in [6, 6.07) is 13.9. The normalized spacial score (nSPS) is 19.2. The van der Waals surface area contributed by atoms with Crippen molar-refractivity contribution in [2.75, 3.05) is 0 Å². The molecule has 1 atom stereocenters. The predicted molar refractivity (Wildman–Crippen MR) is 102 cm³/mol. The van der Waals surface area contributed by atoms with Gasteiger partial charge >= 0.3 is 6.03 Å². The molecule has 0 aliphatic carbocycles. The smallest absolute Gasteiger partial charge is 0.325 e. The molecule has 3 amide bonds. The fourth-order valence-electron chi connectivity index (χ4n) is 3.21. The van der Waals surface area contributed by atoms with Crippen LogP contribution in [-0.4, -0.2) is 27.0 Å². The molecule has 1 fully saturated rings. The Bertz CT molecular complexity index is 1060. The van der Waals surface area contributed by atoms with Gasteiger partial charge in [-0.1, -0.05) is 53.2 Å². The van der Waals surface area contributed by atoms with Crippen LogP contribution < -0.4 is 5.32 Å². The second kappa shape index (κ2) is 6.76. The summed E-state index contributed by atoms with van der Waals surface area (Å²) in [4.78, 5) is 30.8. The van der Waals surface area contributed by atoms with E-state index in [0.717, 1.165) is 16.0 Å². The molecule has 3 aromatic rings. The van der Waals surface area contributed by atoms with Gasteiger partial charge in [-0.2, -0.15) is 4.98 Å². The lowest BCUT2D eigenvalue weighted by Crippen LogP contribution is -2.40. The lowest BCUT2D eigenvalue weighted by atomic mass is 9.92. The van der Waals surface area contributed by atoms with Gasteiger partial charge in [0.05, 0.1) is 0 Å². The third-order valence-corrected chi connectivity index (χ3v) is 5.10. The Balaban J connectivity index is 1.58. The molecule has 1 unspecified atom stereocenters. The van der Waals surface area contributed by atoms with Gasteiger partial charge in [-0.15, -0.1) is 0 Å². The zero-order valence-corrected chi connectivity index (χ0v) is 16.0. The maximum atomic E-state index is 13.0. The van der Waals surface area contributed by atoms with Crippen LogP contribution in [0.3, 0.4) is 0 Å². The molecule has 0 bridgehead atoms. The van der Waals surface area contributed by atoms with Gasteiger partial charge in [0.25, 0.3) is 5.91 Å². The summed E-state index contributed by atoms with van der Waals surface area (Å²) in [5.41, 5.74) is 1.30. The summed E-state index contributed by atoms with van der Waals surface area (Å²) in [6.45, 7) is 3.50. The zero-order valence-electron chi connectivity index (χ0n) is 15.3. The monoisotopic (exact) mass is 396 g/mol. The van der Waals surface area contributed by atoms with Crippen molar-refractivity contribution in [3.8, 4) is 11.4 Å². The van der Waals surface area contributed by atoms with Gasteiger partial charge in [0, 0.05) is 10.6 Å². The van der Waals surface area contributed by atoms with Crippen LogP contribution in [0.25, 0.3) is 11.4 Å². The number of halogens is 1. The van der Waals surface area contributed by atoms with Crippen molar-refractivity contribution < 1.29 is 14.1 Å². The summed E-state index contributed by atoms with van der Waals surface area (Å²) in [7, 11) is 0.